The number of carbonyl (C=O) groups excluding carboxylic acids is 1. The van der Waals surface area contributed by atoms with Gasteiger partial charge < -0.3 is 4.90 Å². The van der Waals surface area contributed by atoms with Crippen molar-refractivity contribution in [3.63, 3.8) is 0 Å². The summed E-state index contributed by atoms with van der Waals surface area (Å²) in [6.45, 7) is 7.11. The average Bonchev–Trinajstić information content (AvgIpc) is 2.76. The van der Waals surface area contributed by atoms with Crippen LogP contribution in [0.5, 0.6) is 0 Å². The van der Waals surface area contributed by atoms with Gasteiger partial charge >= 0.3 is 0 Å². The van der Waals surface area contributed by atoms with Crippen molar-refractivity contribution in [3.05, 3.63) is 62.3 Å². The molecule has 1 aliphatic carbocycles. The fourth-order valence-electron chi connectivity index (χ4n) is 4.53. The number of benzene rings is 1. The van der Waals surface area contributed by atoms with Crippen molar-refractivity contribution in [2.24, 2.45) is 0 Å². The molecule has 1 amide bonds. The molecule has 0 unspecified atom stereocenters. The number of rotatable bonds is 4. The van der Waals surface area contributed by atoms with Crippen LogP contribution >= 0.6 is 0 Å². The van der Waals surface area contributed by atoms with Crippen LogP contribution in [-0.2, 0) is 19.3 Å². The zero-order chi connectivity index (χ0) is 21.3. The summed E-state index contributed by atoms with van der Waals surface area (Å²) in [6, 6.07) is 5.16. The zero-order valence-corrected chi connectivity index (χ0v) is 17.7. The van der Waals surface area contributed by atoms with E-state index in [2.05, 4.69) is 28.9 Å². The molecule has 2 heterocycles. The maximum Gasteiger partial charge on any atom is 0.267 e. The minimum Gasteiger partial charge on any atom is -0.336 e. The highest BCUT2D eigenvalue weighted by Gasteiger charge is 2.25. The second-order valence-corrected chi connectivity index (χ2v) is 8.58. The topological polar surface area (TPSA) is 69.3 Å². The van der Waals surface area contributed by atoms with Crippen molar-refractivity contribution in [2.75, 3.05) is 26.2 Å². The Labute approximate surface area is 176 Å². The van der Waals surface area contributed by atoms with E-state index < -0.39 is 5.82 Å². The minimum absolute atomic E-state index is 0.107. The molecule has 1 saturated heterocycles. The van der Waals surface area contributed by atoms with Crippen LogP contribution in [-0.4, -0.2) is 58.1 Å². The highest BCUT2D eigenvalue weighted by Crippen LogP contribution is 2.23. The number of halogens is 1. The molecule has 4 rings (SSSR count). The Balaban J connectivity index is 1.55. The van der Waals surface area contributed by atoms with Gasteiger partial charge in [0.2, 0.25) is 0 Å². The summed E-state index contributed by atoms with van der Waals surface area (Å²) < 4.78 is 14.5. The normalized spacial score (nSPS) is 17.3. The fourth-order valence-corrected chi connectivity index (χ4v) is 4.53. The van der Waals surface area contributed by atoms with Crippen molar-refractivity contribution in [1.82, 2.24) is 20.0 Å². The molecule has 30 heavy (non-hydrogen) atoms. The van der Waals surface area contributed by atoms with Crippen LogP contribution in [0.15, 0.2) is 23.0 Å². The number of piperazine rings is 1. The first-order valence-electron chi connectivity index (χ1n) is 10.8. The lowest BCUT2D eigenvalue weighted by molar-refractivity contribution is 0.0591. The monoisotopic (exact) mass is 412 g/mol. The van der Waals surface area contributed by atoms with Crippen LogP contribution in [0, 0.1) is 5.82 Å². The molecule has 1 N–H and O–H groups in total. The first-order chi connectivity index (χ1) is 14.4. The molecule has 2 aliphatic rings. The Morgan fingerprint density at radius 1 is 1.13 bits per heavy atom. The van der Waals surface area contributed by atoms with Crippen molar-refractivity contribution >= 4 is 5.91 Å². The summed E-state index contributed by atoms with van der Waals surface area (Å²) in [6.07, 6.45) is 4.14. The van der Waals surface area contributed by atoms with Gasteiger partial charge in [-0.2, -0.15) is 5.10 Å². The highest BCUT2D eigenvalue weighted by molar-refractivity contribution is 5.94. The summed E-state index contributed by atoms with van der Waals surface area (Å²) in [5.74, 6) is -0.749. The molecule has 0 atom stereocenters. The van der Waals surface area contributed by atoms with Gasteiger partial charge in [-0.25, -0.2) is 9.49 Å². The van der Waals surface area contributed by atoms with E-state index in [4.69, 9.17) is 0 Å². The molecule has 0 bridgehead atoms. The predicted octanol–water partition coefficient (Wildman–Crippen LogP) is 2.54. The summed E-state index contributed by atoms with van der Waals surface area (Å²) in [5, 5.41) is 6.87. The molecule has 7 heteroatoms. The number of nitrogens with zero attached hydrogens (tertiary/aromatic N) is 3. The Bertz CT molecular complexity index is 993. The molecule has 1 aliphatic heterocycles. The minimum atomic E-state index is -0.494. The quantitative estimate of drug-likeness (QED) is 0.838. The Morgan fingerprint density at radius 3 is 2.53 bits per heavy atom. The summed E-state index contributed by atoms with van der Waals surface area (Å²) in [7, 11) is 0. The second-order valence-electron chi connectivity index (χ2n) is 8.58. The molecule has 6 nitrogen and oxygen atoms in total. The fraction of sp³-hybridized carbons (Fsp3) is 0.522. The van der Waals surface area contributed by atoms with Gasteiger partial charge in [0.1, 0.15) is 5.82 Å². The second kappa shape index (κ2) is 8.68. The van der Waals surface area contributed by atoms with E-state index in [1.54, 1.807) is 17.0 Å². The number of hydrogen-bond acceptors (Lipinski definition) is 4. The van der Waals surface area contributed by atoms with Crippen LogP contribution in [0.25, 0.3) is 0 Å². The molecular formula is C23H29FN4O2. The van der Waals surface area contributed by atoms with E-state index in [0.717, 1.165) is 61.2 Å². The molecule has 1 aromatic carbocycles. The average molecular weight is 413 g/mol. The molecular weight excluding hydrogens is 383 g/mol. The first-order valence-corrected chi connectivity index (χ1v) is 10.8. The van der Waals surface area contributed by atoms with Crippen LogP contribution in [0.2, 0.25) is 0 Å². The molecule has 0 spiro atoms. The Kier molecular flexibility index (Phi) is 5.99. The number of H-pyrrole nitrogens is 1. The summed E-state index contributed by atoms with van der Waals surface area (Å²) in [5.41, 5.74) is 3.50. The number of amides is 1. The molecule has 1 aromatic heterocycles. The first kappa shape index (κ1) is 20.7. The number of aromatic nitrogens is 2. The van der Waals surface area contributed by atoms with Crippen molar-refractivity contribution in [1.29, 1.82) is 0 Å². The number of fused-ring (bicyclic) bond motifs is 1. The SMILES string of the molecule is CC(C)N1CCN(C(=O)c2cc(Cc3n[nH]c(=O)c4c3CCCC4)ccc2F)CC1. The van der Waals surface area contributed by atoms with Crippen LogP contribution in [0.1, 0.15) is 59.4 Å². The van der Waals surface area contributed by atoms with Crippen LogP contribution in [0.4, 0.5) is 4.39 Å². The molecule has 0 saturated carbocycles. The van der Waals surface area contributed by atoms with E-state index in [1.807, 2.05) is 0 Å². The van der Waals surface area contributed by atoms with E-state index in [1.165, 1.54) is 6.07 Å². The van der Waals surface area contributed by atoms with E-state index in [9.17, 15) is 14.0 Å². The third-order valence-electron chi connectivity index (χ3n) is 6.35. The van der Waals surface area contributed by atoms with Crippen LogP contribution in [0.3, 0.4) is 0 Å². The standard InChI is InChI=1S/C23H29FN4O2/c1-15(2)27-9-11-28(12-10-27)23(30)19-13-16(7-8-20(19)24)14-21-17-5-3-4-6-18(17)22(29)26-25-21/h7-8,13,15H,3-6,9-12,14H2,1-2H3,(H,26,29). The number of nitrogens with one attached hydrogen (secondary N) is 1. The number of carbonyl (C=O) groups is 1. The molecule has 1 fully saturated rings. The highest BCUT2D eigenvalue weighted by atomic mass is 19.1. The van der Waals surface area contributed by atoms with Crippen LogP contribution < -0.4 is 5.56 Å². The van der Waals surface area contributed by atoms with Gasteiger partial charge in [-0.1, -0.05) is 6.07 Å². The zero-order valence-electron chi connectivity index (χ0n) is 17.7. The number of hydrogen-bond donors (Lipinski definition) is 1. The van der Waals surface area contributed by atoms with Gasteiger partial charge in [0.15, 0.2) is 0 Å². The van der Waals surface area contributed by atoms with Crippen molar-refractivity contribution < 1.29 is 9.18 Å². The Morgan fingerprint density at radius 2 is 1.83 bits per heavy atom. The lowest BCUT2D eigenvalue weighted by atomic mass is 9.90. The maximum absolute atomic E-state index is 14.5. The third kappa shape index (κ3) is 4.17. The lowest BCUT2D eigenvalue weighted by Gasteiger charge is -2.37. The Hall–Kier alpha value is -2.54. The van der Waals surface area contributed by atoms with E-state index in [-0.39, 0.29) is 17.0 Å². The predicted molar refractivity (Wildman–Crippen MR) is 113 cm³/mol. The van der Waals surface area contributed by atoms with Gasteiger partial charge in [-0.05, 0) is 62.8 Å². The molecule has 2 aromatic rings. The van der Waals surface area contributed by atoms with Crippen molar-refractivity contribution in [2.45, 2.75) is 52.0 Å². The van der Waals surface area contributed by atoms with Gasteiger partial charge in [-0.3, -0.25) is 14.5 Å². The summed E-state index contributed by atoms with van der Waals surface area (Å²) in [4.78, 5) is 29.1. The largest absolute Gasteiger partial charge is 0.336 e. The van der Waals surface area contributed by atoms with E-state index >= 15 is 0 Å². The van der Waals surface area contributed by atoms with Crippen molar-refractivity contribution in [3.8, 4) is 0 Å². The lowest BCUT2D eigenvalue weighted by Crippen LogP contribution is -2.50. The van der Waals surface area contributed by atoms with E-state index in [0.29, 0.717) is 25.6 Å². The molecule has 0 radical (unpaired) electrons. The van der Waals surface area contributed by atoms with Gasteiger partial charge in [-0.15, -0.1) is 0 Å². The summed E-state index contributed by atoms with van der Waals surface area (Å²) >= 11 is 0. The molecule has 160 valence electrons. The van der Waals surface area contributed by atoms with Gasteiger partial charge in [0, 0.05) is 44.2 Å². The number of aromatic amines is 1. The van der Waals surface area contributed by atoms with Gasteiger partial charge in [0.25, 0.3) is 11.5 Å². The maximum atomic E-state index is 14.5. The van der Waals surface area contributed by atoms with Gasteiger partial charge in [0.05, 0.1) is 11.3 Å². The third-order valence-corrected chi connectivity index (χ3v) is 6.35. The smallest absolute Gasteiger partial charge is 0.267 e.